The van der Waals surface area contributed by atoms with Crippen LogP contribution in [0, 0.1) is 0 Å². The molecule has 1 saturated heterocycles. The Bertz CT molecular complexity index is 664. The molecule has 0 aromatic heterocycles. The summed E-state index contributed by atoms with van der Waals surface area (Å²) in [4.78, 5) is 26.1. The van der Waals surface area contributed by atoms with Crippen LogP contribution in [0.1, 0.15) is 21.5 Å². The van der Waals surface area contributed by atoms with Crippen molar-refractivity contribution in [2.75, 3.05) is 5.75 Å². The van der Waals surface area contributed by atoms with E-state index in [4.69, 9.17) is 0 Å². The van der Waals surface area contributed by atoms with Gasteiger partial charge in [-0.2, -0.15) is 5.10 Å². The summed E-state index contributed by atoms with van der Waals surface area (Å²) < 4.78 is 0. The Morgan fingerprint density at radius 1 is 1.37 bits per heavy atom. The zero-order valence-electron chi connectivity index (χ0n) is 9.66. The van der Waals surface area contributed by atoms with E-state index in [1.54, 1.807) is 12.3 Å². The molecule has 3 rings (SSSR count). The number of fused-ring (bicyclic) bond motifs is 1. The van der Waals surface area contributed by atoms with Crippen LogP contribution in [0.5, 0.6) is 0 Å². The third-order valence-electron chi connectivity index (χ3n) is 2.57. The molecular weight excluding hydrogens is 264 g/mol. The second-order valence-electron chi connectivity index (χ2n) is 3.90. The molecule has 1 fully saturated rings. The minimum atomic E-state index is -0.241. The first-order chi connectivity index (χ1) is 9.22. The van der Waals surface area contributed by atoms with Gasteiger partial charge in [-0.3, -0.25) is 9.59 Å². The van der Waals surface area contributed by atoms with Gasteiger partial charge in [0, 0.05) is 11.8 Å². The Morgan fingerprint density at radius 2 is 2.26 bits per heavy atom. The van der Waals surface area contributed by atoms with Gasteiger partial charge in [0.25, 0.3) is 5.91 Å². The molecule has 0 aliphatic carbocycles. The summed E-state index contributed by atoms with van der Waals surface area (Å²) in [5.74, 6) is 0.0633. The molecule has 7 heteroatoms. The highest BCUT2D eigenvalue weighted by atomic mass is 32.2. The maximum atomic E-state index is 11.4. The highest BCUT2D eigenvalue weighted by Gasteiger charge is 2.16. The maximum absolute atomic E-state index is 11.4. The summed E-state index contributed by atoms with van der Waals surface area (Å²) in [7, 11) is 0. The molecule has 0 radical (unpaired) electrons. The Morgan fingerprint density at radius 3 is 3.05 bits per heavy atom. The molecule has 0 atom stereocenters. The van der Waals surface area contributed by atoms with E-state index in [0.717, 1.165) is 11.1 Å². The molecule has 1 N–H and O–H groups in total. The fourth-order valence-corrected chi connectivity index (χ4v) is 2.31. The molecule has 0 bridgehead atoms. The minimum absolute atomic E-state index is 0.0702. The van der Waals surface area contributed by atoms with Crippen molar-refractivity contribution < 1.29 is 9.59 Å². The van der Waals surface area contributed by atoms with Gasteiger partial charge in [0.2, 0.25) is 5.91 Å². The standard InChI is InChI=1S/C12H8N4O2S/c17-10-6-19-12(15-10)16-14-4-7-1-2-8-5-13-11(18)9(8)3-7/h1-5H,6H2,(H,15,16,17). The molecule has 2 heterocycles. The first-order valence-corrected chi connectivity index (χ1v) is 6.47. The zero-order chi connectivity index (χ0) is 13.2. The smallest absolute Gasteiger partial charge is 0.277 e. The van der Waals surface area contributed by atoms with Crippen LogP contribution < -0.4 is 5.32 Å². The topological polar surface area (TPSA) is 83.2 Å². The van der Waals surface area contributed by atoms with Crippen molar-refractivity contribution in [3.8, 4) is 0 Å². The number of rotatable bonds is 2. The number of amidine groups is 1. The van der Waals surface area contributed by atoms with Crippen LogP contribution in [0.4, 0.5) is 0 Å². The summed E-state index contributed by atoms with van der Waals surface area (Å²) >= 11 is 1.31. The van der Waals surface area contributed by atoms with Crippen molar-refractivity contribution in [1.82, 2.24) is 5.32 Å². The van der Waals surface area contributed by atoms with E-state index < -0.39 is 0 Å². The van der Waals surface area contributed by atoms with Gasteiger partial charge >= 0.3 is 0 Å². The molecule has 0 unspecified atom stereocenters. The van der Waals surface area contributed by atoms with Crippen LogP contribution in [-0.4, -0.2) is 35.2 Å². The molecule has 2 amide bonds. The number of hydrogen-bond acceptors (Lipinski definition) is 5. The van der Waals surface area contributed by atoms with Crippen molar-refractivity contribution in [3.63, 3.8) is 0 Å². The highest BCUT2D eigenvalue weighted by Crippen LogP contribution is 2.15. The third-order valence-corrected chi connectivity index (χ3v) is 3.43. The van der Waals surface area contributed by atoms with E-state index in [0.29, 0.717) is 16.5 Å². The Kier molecular flexibility index (Phi) is 2.96. The summed E-state index contributed by atoms with van der Waals surface area (Å²) in [6.07, 6.45) is 3.08. The van der Waals surface area contributed by atoms with E-state index in [1.807, 2.05) is 12.1 Å². The van der Waals surface area contributed by atoms with Crippen LogP contribution in [0.15, 0.2) is 33.4 Å². The first kappa shape index (κ1) is 11.8. The normalized spacial score (nSPS) is 19.5. The van der Waals surface area contributed by atoms with Gasteiger partial charge in [-0.05, 0) is 11.6 Å². The largest absolute Gasteiger partial charge is 0.303 e. The van der Waals surface area contributed by atoms with Crippen LogP contribution in [0.2, 0.25) is 0 Å². The molecule has 19 heavy (non-hydrogen) atoms. The molecule has 2 aliphatic heterocycles. The number of nitrogens with zero attached hydrogens (tertiary/aromatic N) is 3. The zero-order valence-corrected chi connectivity index (χ0v) is 10.5. The van der Waals surface area contributed by atoms with Gasteiger partial charge in [-0.25, -0.2) is 4.99 Å². The second kappa shape index (κ2) is 4.77. The predicted molar refractivity (Wildman–Crippen MR) is 74.0 cm³/mol. The average molecular weight is 272 g/mol. The number of nitrogens with one attached hydrogen (secondary N) is 1. The van der Waals surface area contributed by atoms with Crippen LogP contribution in [-0.2, 0) is 4.79 Å². The molecule has 1 aromatic rings. The lowest BCUT2D eigenvalue weighted by Gasteiger charge is -1.96. The monoisotopic (exact) mass is 272 g/mol. The van der Waals surface area contributed by atoms with Gasteiger partial charge in [-0.1, -0.05) is 23.9 Å². The lowest BCUT2D eigenvalue weighted by atomic mass is 10.1. The number of aliphatic imine (C=N–C) groups is 1. The molecule has 0 saturated carbocycles. The second-order valence-corrected chi connectivity index (χ2v) is 4.86. The Hall–Kier alpha value is -2.28. The number of hydrogen-bond donors (Lipinski definition) is 1. The van der Waals surface area contributed by atoms with Crippen molar-refractivity contribution >= 4 is 41.2 Å². The van der Waals surface area contributed by atoms with Crippen molar-refractivity contribution in [2.24, 2.45) is 15.2 Å². The summed E-state index contributed by atoms with van der Waals surface area (Å²) in [6.45, 7) is 0. The predicted octanol–water partition coefficient (Wildman–Crippen LogP) is 0.812. The van der Waals surface area contributed by atoms with Crippen molar-refractivity contribution in [1.29, 1.82) is 0 Å². The van der Waals surface area contributed by atoms with E-state index in [1.165, 1.54) is 18.0 Å². The van der Waals surface area contributed by atoms with E-state index >= 15 is 0 Å². The lowest BCUT2D eigenvalue weighted by molar-refractivity contribution is -0.116. The van der Waals surface area contributed by atoms with Crippen molar-refractivity contribution in [2.45, 2.75) is 0 Å². The highest BCUT2D eigenvalue weighted by molar-refractivity contribution is 8.15. The third kappa shape index (κ3) is 2.45. The van der Waals surface area contributed by atoms with Gasteiger partial charge in [0.15, 0.2) is 5.17 Å². The molecule has 1 aromatic carbocycles. The van der Waals surface area contributed by atoms with Gasteiger partial charge in [-0.15, -0.1) is 5.10 Å². The quantitative estimate of drug-likeness (QED) is 0.639. The SMILES string of the molecule is O=C1CSC(=NN=Cc2ccc3c(c2)C(=O)N=C3)N1. The van der Waals surface area contributed by atoms with E-state index in [-0.39, 0.29) is 11.8 Å². The van der Waals surface area contributed by atoms with Crippen LogP contribution in [0.25, 0.3) is 0 Å². The Balaban J connectivity index is 1.76. The van der Waals surface area contributed by atoms with Crippen LogP contribution >= 0.6 is 11.8 Å². The van der Waals surface area contributed by atoms with Crippen LogP contribution in [0.3, 0.4) is 0 Å². The number of carbonyl (C=O) groups excluding carboxylic acids is 2. The number of amides is 2. The van der Waals surface area contributed by atoms with Gasteiger partial charge in [0.05, 0.1) is 17.5 Å². The molecule has 0 spiro atoms. The van der Waals surface area contributed by atoms with Gasteiger partial charge < -0.3 is 5.32 Å². The van der Waals surface area contributed by atoms with E-state index in [2.05, 4.69) is 20.5 Å². The lowest BCUT2D eigenvalue weighted by Crippen LogP contribution is -2.19. The summed E-state index contributed by atoms with van der Waals surface area (Å²) in [6, 6.07) is 5.35. The molecule has 6 nitrogen and oxygen atoms in total. The maximum Gasteiger partial charge on any atom is 0.277 e. The average Bonchev–Trinajstić information content (AvgIpc) is 2.97. The van der Waals surface area contributed by atoms with E-state index in [9.17, 15) is 9.59 Å². The number of benzene rings is 1. The summed E-state index contributed by atoms with van der Waals surface area (Å²) in [5, 5.41) is 10.8. The fraction of sp³-hybridized carbons (Fsp3) is 0.0833. The van der Waals surface area contributed by atoms with Gasteiger partial charge in [0.1, 0.15) is 0 Å². The summed E-state index contributed by atoms with van der Waals surface area (Å²) in [5.41, 5.74) is 2.14. The fourth-order valence-electron chi connectivity index (χ4n) is 1.68. The van der Waals surface area contributed by atoms with Crippen molar-refractivity contribution in [3.05, 3.63) is 34.9 Å². The molecular formula is C12H8N4O2S. The number of thioether (sulfide) groups is 1. The first-order valence-electron chi connectivity index (χ1n) is 5.48. The molecule has 2 aliphatic rings. The minimum Gasteiger partial charge on any atom is -0.303 e. The number of carbonyl (C=O) groups is 2. The Labute approximate surface area is 112 Å². The molecule has 94 valence electrons.